The first-order valence-corrected chi connectivity index (χ1v) is 10.6. The first-order valence-electron chi connectivity index (χ1n) is 9.70. The van der Waals surface area contributed by atoms with Crippen molar-refractivity contribution in [1.82, 2.24) is 9.88 Å². The molecule has 2 atom stereocenters. The number of carbonyl (C=O) groups excluding carboxylic acids is 2. The molecule has 0 bridgehead atoms. The largest absolute Gasteiger partial charge is 0.461 e. The molecule has 0 aliphatic heterocycles. The standard InChI is InChI=1S/C20H34N2O5S/c1-9-25-16(17-21-14(12-28-17)18(23)26-10-2)11-15(13(3)4)22(8)19(24)27-20(5,6)7/h12-13,15-16H,9-11H2,1-8H3/t15-,16-/m0/s1. The van der Waals surface area contributed by atoms with Crippen molar-refractivity contribution < 1.29 is 23.8 Å². The number of hydrogen-bond donors (Lipinski definition) is 0. The van der Waals surface area contributed by atoms with Crippen LogP contribution in [-0.2, 0) is 14.2 Å². The average molecular weight is 415 g/mol. The van der Waals surface area contributed by atoms with Gasteiger partial charge in [0, 0.05) is 31.5 Å². The molecule has 8 heteroatoms. The third kappa shape index (κ3) is 7.39. The molecule has 0 spiro atoms. The Balaban J connectivity index is 2.99. The Morgan fingerprint density at radius 3 is 2.36 bits per heavy atom. The monoisotopic (exact) mass is 414 g/mol. The molecular weight excluding hydrogens is 380 g/mol. The van der Waals surface area contributed by atoms with Crippen molar-refractivity contribution in [3.05, 3.63) is 16.1 Å². The highest BCUT2D eigenvalue weighted by atomic mass is 32.1. The van der Waals surface area contributed by atoms with Crippen molar-refractivity contribution in [2.45, 2.75) is 72.6 Å². The Bertz CT molecular complexity index is 639. The molecule has 1 heterocycles. The summed E-state index contributed by atoms with van der Waals surface area (Å²) in [5, 5.41) is 2.38. The van der Waals surface area contributed by atoms with E-state index in [-0.39, 0.29) is 29.9 Å². The van der Waals surface area contributed by atoms with Crippen molar-refractivity contribution in [2.75, 3.05) is 20.3 Å². The van der Waals surface area contributed by atoms with Gasteiger partial charge in [0.2, 0.25) is 0 Å². The highest BCUT2D eigenvalue weighted by molar-refractivity contribution is 7.09. The molecule has 0 aliphatic carbocycles. The molecule has 7 nitrogen and oxygen atoms in total. The van der Waals surface area contributed by atoms with Gasteiger partial charge in [0.1, 0.15) is 16.7 Å². The lowest BCUT2D eigenvalue weighted by molar-refractivity contribution is -0.000900. The second kappa shape index (κ2) is 10.8. The van der Waals surface area contributed by atoms with E-state index in [1.807, 2.05) is 27.7 Å². The van der Waals surface area contributed by atoms with Gasteiger partial charge in [-0.1, -0.05) is 13.8 Å². The number of aromatic nitrogens is 1. The second-order valence-corrected chi connectivity index (χ2v) is 8.76. The molecular formula is C20H34N2O5S. The molecule has 1 amide bonds. The lowest BCUT2D eigenvalue weighted by Gasteiger charge is -2.34. The number of ether oxygens (including phenoxy) is 3. The molecule has 0 aromatic carbocycles. The normalized spacial score (nSPS) is 13.9. The summed E-state index contributed by atoms with van der Waals surface area (Å²) in [4.78, 5) is 30.5. The number of esters is 1. The van der Waals surface area contributed by atoms with Crippen LogP contribution in [0.15, 0.2) is 5.38 Å². The summed E-state index contributed by atoms with van der Waals surface area (Å²) in [5.41, 5.74) is -0.274. The Morgan fingerprint density at radius 1 is 1.21 bits per heavy atom. The van der Waals surface area contributed by atoms with Crippen LogP contribution in [0.4, 0.5) is 4.79 Å². The molecule has 0 radical (unpaired) electrons. The molecule has 28 heavy (non-hydrogen) atoms. The first kappa shape index (κ1) is 24.4. The molecule has 0 unspecified atom stereocenters. The highest BCUT2D eigenvalue weighted by Gasteiger charge is 2.31. The predicted molar refractivity (Wildman–Crippen MR) is 110 cm³/mol. The van der Waals surface area contributed by atoms with Crippen LogP contribution in [0.1, 0.15) is 76.5 Å². The molecule has 0 saturated heterocycles. The molecule has 1 aromatic rings. The van der Waals surface area contributed by atoms with Gasteiger partial charge >= 0.3 is 12.1 Å². The summed E-state index contributed by atoms with van der Waals surface area (Å²) >= 11 is 1.36. The lowest BCUT2D eigenvalue weighted by Crippen LogP contribution is -2.44. The third-order valence-electron chi connectivity index (χ3n) is 4.05. The summed E-state index contributed by atoms with van der Waals surface area (Å²) in [7, 11) is 1.74. The van der Waals surface area contributed by atoms with Gasteiger partial charge in [-0.05, 0) is 40.5 Å². The van der Waals surface area contributed by atoms with Crippen LogP contribution >= 0.6 is 11.3 Å². The van der Waals surface area contributed by atoms with E-state index in [0.29, 0.717) is 24.6 Å². The molecule has 160 valence electrons. The zero-order valence-electron chi connectivity index (χ0n) is 18.3. The number of amides is 1. The Morgan fingerprint density at radius 2 is 1.86 bits per heavy atom. The maximum absolute atomic E-state index is 12.5. The number of hydrogen-bond acceptors (Lipinski definition) is 7. The van der Waals surface area contributed by atoms with Crippen molar-refractivity contribution >= 4 is 23.4 Å². The van der Waals surface area contributed by atoms with E-state index in [1.54, 1.807) is 24.3 Å². The van der Waals surface area contributed by atoms with E-state index in [1.165, 1.54) is 11.3 Å². The maximum Gasteiger partial charge on any atom is 0.410 e. The topological polar surface area (TPSA) is 78.0 Å². The predicted octanol–water partition coefficient (Wildman–Crippen LogP) is 4.68. The molecule has 0 saturated carbocycles. The summed E-state index contributed by atoms with van der Waals surface area (Å²) in [6, 6.07) is -0.110. The van der Waals surface area contributed by atoms with Crippen LogP contribution in [0.25, 0.3) is 0 Å². The minimum atomic E-state index is -0.559. The Kier molecular flexibility index (Phi) is 9.36. The molecule has 0 aliphatic rings. The van der Waals surface area contributed by atoms with Gasteiger partial charge in [0.15, 0.2) is 5.69 Å². The minimum absolute atomic E-state index is 0.110. The van der Waals surface area contributed by atoms with E-state index in [9.17, 15) is 9.59 Å². The van der Waals surface area contributed by atoms with Crippen molar-refractivity contribution in [3.8, 4) is 0 Å². The van der Waals surface area contributed by atoms with Gasteiger partial charge in [-0.2, -0.15) is 0 Å². The second-order valence-electron chi connectivity index (χ2n) is 7.87. The van der Waals surface area contributed by atoms with Crippen molar-refractivity contribution in [1.29, 1.82) is 0 Å². The van der Waals surface area contributed by atoms with Crippen LogP contribution in [0.5, 0.6) is 0 Å². The van der Waals surface area contributed by atoms with Gasteiger partial charge in [0.25, 0.3) is 0 Å². The summed E-state index contributed by atoms with van der Waals surface area (Å²) in [5.74, 6) is -0.253. The zero-order valence-corrected chi connectivity index (χ0v) is 19.1. The average Bonchev–Trinajstić information content (AvgIpc) is 3.06. The maximum atomic E-state index is 12.5. The van der Waals surface area contributed by atoms with E-state index >= 15 is 0 Å². The van der Waals surface area contributed by atoms with Crippen LogP contribution in [0.3, 0.4) is 0 Å². The lowest BCUT2D eigenvalue weighted by atomic mass is 9.96. The van der Waals surface area contributed by atoms with E-state index in [2.05, 4.69) is 18.8 Å². The number of thiazole rings is 1. The van der Waals surface area contributed by atoms with E-state index in [4.69, 9.17) is 14.2 Å². The molecule has 0 N–H and O–H groups in total. The van der Waals surface area contributed by atoms with Crippen LogP contribution in [0, 0.1) is 5.92 Å². The minimum Gasteiger partial charge on any atom is -0.461 e. The number of rotatable bonds is 9. The van der Waals surface area contributed by atoms with Crippen molar-refractivity contribution in [2.24, 2.45) is 5.92 Å². The quantitative estimate of drug-likeness (QED) is 0.546. The van der Waals surface area contributed by atoms with Crippen molar-refractivity contribution in [3.63, 3.8) is 0 Å². The summed E-state index contributed by atoms with van der Waals surface area (Å²) in [6.45, 7) is 14.1. The van der Waals surface area contributed by atoms with E-state index in [0.717, 1.165) is 0 Å². The number of carbonyl (C=O) groups is 2. The first-order chi connectivity index (χ1) is 13.0. The summed E-state index contributed by atoms with van der Waals surface area (Å²) in [6.07, 6.45) is -0.139. The number of nitrogens with zero attached hydrogens (tertiary/aromatic N) is 2. The van der Waals surface area contributed by atoms with Gasteiger partial charge in [0.05, 0.1) is 6.61 Å². The third-order valence-corrected chi connectivity index (χ3v) is 4.99. The molecule has 1 rings (SSSR count). The van der Waals surface area contributed by atoms with E-state index < -0.39 is 11.6 Å². The SMILES string of the molecule is CCOC(=O)c1csc([C@H](C[C@@H](C(C)C)N(C)C(=O)OC(C)(C)C)OCC)n1. The zero-order chi connectivity index (χ0) is 21.5. The fraction of sp³-hybridized carbons (Fsp3) is 0.750. The summed E-state index contributed by atoms with van der Waals surface area (Å²) < 4.78 is 16.4. The van der Waals surface area contributed by atoms with Crippen LogP contribution in [-0.4, -0.2) is 53.9 Å². The Hall–Kier alpha value is -1.67. The molecule has 1 aromatic heterocycles. The van der Waals surface area contributed by atoms with Gasteiger partial charge < -0.3 is 19.1 Å². The fourth-order valence-electron chi connectivity index (χ4n) is 2.74. The highest BCUT2D eigenvalue weighted by Crippen LogP contribution is 2.30. The fourth-order valence-corrected chi connectivity index (χ4v) is 3.59. The molecule has 0 fully saturated rings. The van der Waals surface area contributed by atoms with Gasteiger partial charge in [-0.25, -0.2) is 14.6 Å². The van der Waals surface area contributed by atoms with Gasteiger partial charge in [-0.15, -0.1) is 11.3 Å². The van der Waals surface area contributed by atoms with Gasteiger partial charge in [-0.3, -0.25) is 0 Å². The van der Waals surface area contributed by atoms with Crippen LogP contribution < -0.4 is 0 Å². The Labute approximate surface area is 172 Å². The van der Waals surface area contributed by atoms with Crippen LogP contribution in [0.2, 0.25) is 0 Å². The smallest absolute Gasteiger partial charge is 0.410 e.